The molecule has 4 nitrogen and oxygen atoms in total. The van der Waals surface area contributed by atoms with Crippen LogP contribution in [0.5, 0.6) is 0 Å². The highest BCUT2D eigenvalue weighted by atomic mass is 16.4. The molecule has 0 rings (SSSR count). The average Bonchev–Trinajstić information content (AvgIpc) is 2.03. The van der Waals surface area contributed by atoms with Crippen molar-refractivity contribution in [3.63, 3.8) is 0 Å². The lowest BCUT2D eigenvalue weighted by Crippen LogP contribution is -2.30. The summed E-state index contributed by atoms with van der Waals surface area (Å²) in [6.45, 7) is 4.81. The van der Waals surface area contributed by atoms with Crippen LogP contribution in [0.2, 0.25) is 0 Å². The van der Waals surface area contributed by atoms with E-state index in [1.54, 1.807) is 6.92 Å². The molecule has 72 valence electrons. The summed E-state index contributed by atoms with van der Waals surface area (Å²) in [6.07, 6.45) is 0. The summed E-state index contributed by atoms with van der Waals surface area (Å²) in [5.74, 6) is -0.971. The molecule has 0 aromatic rings. The SMILES string of the molecule is CC(CO)CNCC(C)C(=O)O. The van der Waals surface area contributed by atoms with Gasteiger partial charge in [0, 0.05) is 13.2 Å². The molecular weight excluding hydrogens is 158 g/mol. The Kier molecular flexibility index (Phi) is 5.66. The number of aliphatic carboxylic acids is 1. The summed E-state index contributed by atoms with van der Waals surface area (Å²) in [4.78, 5) is 10.4. The lowest BCUT2D eigenvalue weighted by molar-refractivity contribution is -0.140. The lowest BCUT2D eigenvalue weighted by atomic mass is 10.1. The van der Waals surface area contributed by atoms with E-state index in [9.17, 15) is 4.79 Å². The number of aliphatic hydroxyl groups is 1. The zero-order chi connectivity index (χ0) is 9.56. The van der Waals surface area contributed by atoms with Gasteiger partial charge in [0.2, 0.25) is 0 Å². The highest BCUT2D eigenvalue weighted by Crippen LogP contribution is 1.93. The van der Waals surface area contributed by atoms with E-state index >= 15 is 0 Å². The second kappa shape index (κ2) is 5.97. The molecule has 0 saturated heterocycles. The van der Waals surface area contributed by atoms with Gasteiger partial charge in [0.1, 0.15) is 0 Å². The van der Waals surface area contributed by atoms with Crippen LogP contribution in [0, 0.1) is 11.8 Å². The molecule has 0 amide bonds. The summed E-state index contributed by atoms with van der Waals surface area (Å²) in [5.41, 5.74) is 0. The van der Waals surface area contributed by atoms with Crippen molar-refractivity contribution in [1.29, 1.82) is 0 Å². The monoisotopic (exact) mass is 175 g/mol. The lowest BCUT2D eigenvalue weighted by Gasteiger charge is -2.11. The fourth-order valence-corrected chi connectivity index (χ4v) is 0.698. The maximum absolute atomic E-state index is 10.4. The maximum Gasteiger partial charge on any atom is 0.307 e. The van der Waals surface area contributed by atoms with Crippen LogP contribution in [0.3, 0.4) is 0 Å². The second-order valence-corrected chi connectivity index (χ2v) is 3.19. The fraction of sp³-hybridized carbons (Fsp3) is 0.875. The van der Waals surface area contributed by atoms with E-state index in [0.29, 0.717) is 13.1 Å². The van der Waals surface area contributed by atoms with Gasteiger partial charge in [-0.1, -0.05) is 13.8 Å². The molecule has 0 radical (unpaired) electrons. The molecule has 4 heteroatoms. The van der Waals surface area contributed by atoms with Gasteiger partial charge < -0.3 is 15.5 Å². The molecule has 3 N–H and O–H groups in total. The first-order valence-electron chi connectivity index (χ1n) is 4.12. The summed E-state index contributed by atoms with van der Waals surface area (Å²) >= 11 is 0. The summed E-state index contributed by atoms with van der Waals surface area (Å²) in [5, 5.41) is 20.1. The number of nitrogens with one attached hydrogen (secondary N) is 1. The van der Waals surface area contributed by atoms with Gasteiger partial charge in [-0.05, 0) is 12.5 Å². The molecule has 12 heavy (non-hydrogen) atoms. The van der Waals surface area contributed by atoms with E-state index in [2.05, 4.69) is 5.32 Å². The van der Waals surface area contributed by atoms with Crippen LogP contribution in [0.4, 0.5) is 0 Å². The number of hydrogen-bond donors (Lipinski definition) is 3. The molecule has 0 aliphatic rings. The molecule has 0 aromatic carbocycles. The van der Waals surface area contributed by atoms with Crippen molar-refractivity contribution in [1.82, 2.24) is 5.32 Å². The molecule has 0 aromatic heterocycles. The van der Waals surface area contributed by atoms with E-state index in [0.717, 1.165) is 0 Å². The van der Waals surface area contributed by atoms with E-state index in [1.807, 2.05) is 6.92 Å². The molecule has 0 spiro atoms. The van der Waals surface area contributed by atoms with E-state index < -0.39 is 5.97 Å². The minimum absolute atomic E-state index is 0.133. The highest BCUT2D eigenvalue weighted by Gasteiger charge is 2.09. The fourth-order valence-electron chi connectivity index (χ4n) is 0.698. The van der Waals surface area contributed by atoms with E-state index in [1.165, 1.54) is 0 Å². The predicted molar refractivity (Wildman–Crippen MR) is 45.9 cm³/mol. The largest absolute Gasteiger partial charge is 0.481 e. The van der Waals surface area contributed by atoms with Crippen molar-refractivity contribution in [3.8, 4) is 0 Å². The van der Waals surface area contributed by atoms with Crippen LogP contribution < -0.4 is 5.32 Å². The standard InChI is InChI=1S/C8H17NO3/c1-6(5-10)3-9-4-7(2)8(11)12/h6-7,9-10H,3-5H2,1-2H3,(H,11,12). The van der Waals surface area contributed by atoms with Gasteiger partial charge in [0.05, 0.1) is 5.92 Å². The zero-order valence-corrected chi connectivity index (χ0v) is 7.58. The van der Waals surface area contributed by atoms with Crippen molar-refractivity contribution in [2.24, 2.45) is 11.8 Å². The quantitative estimate of drug-likeness (QED) is 0.528. The van der Waals surface area contributed by atoms with Crippen molar-refractivity contribution in [2.45, 2.75) is 13.8 Å². The van der Waals surface area contributed by atoms with Gasteiger partial charge in [-0.3, -0.25) is 4.79 Å². The molecule has 0 saturated carbocycles. The van der Waals surface area contributed by atoms with E-state index in [-0.39, 0.29) is 18.4 Å². The molecule has 0 bridgehead atoms. The van der Waals surface area contributed by atoms with Gasteiger partial charge in [0.15, 0.2) is 0 Å². The first kappa shape index (κ1) is 11.4. The number of carbonyl (C=O) groups is 1. The summed E-state index contributed by atoms with van der Waals surface area (Å²) in [6, 6.07) is 0. The Hall–Kier alpha value is -0.610. The average molecular weight is 175 g/mol. The molecule has 0 heterocycles. The first-order chi connectivity index (χ1) is 5.57. The van der Waals surface area contributed by atoms with Gasteiger partial charge in [-0.25, -0.2) is 0 Å². The van der Waals surface area contributed by atoms with Gasteiger partial charge in [-0.15, -0.1) is 0 Å². The first-order valence-corrected chi connectivity index (χ1v) is 4.12. The topological polar surface area (TPSA) is 69.6 Å². The van der Waals surface area contributed by atoms with Crippen LogP contribution >= 0.6 is 0 Å². The molecule has 2 unspecified atom stereocenters. The van der Waals surface area contributed by atoms with Gasteiger partial charge >= 0.3 is 5.97 Å². The van der Waals surface area contributed by atoms with Crippen molar-refractivity contribution in [2.75, 3.05) is 19.7 Å². The summed E-state index contributed by atoms with van der Waals surface area (Å²) < 4.78 is 0. The van der Waals surface area contributed by atoms with Gasteiger partial charge in [-0.2, -0.15) is 0 Å². The Balaban J connectivity index is 3.37. The third-order valence-electron chi connectivity index (χ3n) is 1.68. The molecule has 0 aliphatic heterocycles. The smallest absolute Gasteiger partial charge is 0.307 e. The molecule has 0 fully saturated rings. The van der Waals surface area contributed by atoms with Crippen LogP contribution in [-0.2, 0) is 4.79 Å². The number of carboxylic acids is 1. The number of hydrogen-bond acceptors (Lipinski definition) is 3. The Morgan fingerprint density at radius 1 is 1.42 bits per heavy atom. The Morgan fingerprint density at radius 2 is 2.00 bits per heavy atom. The minimum Gasteiger partial charge on any atom is -0.481 e. The number of aliphatic hydroxyl groups excluding tert-OH is 1. The third kappa shape index (κ3) is 5.09. The Morgan fingerprint density at radius 3 is 2.42 bits per heavy atom. The minimum atomic E-state index is -0.792. The van der Waals surface area contributed by atoms with Gasteiger partial charge in [0.25, 0.3) is 0 Å². The number of carboxylic acid groups (broad SMARTS) is 1. The molecule has 2 atom stereocenters. The Bertz CT molecular complexity index is 138. The van der Waals surface area contributed by atoms with Crippen molar-refractivity contribution >= 4 is 5.97 Å². The van der Waals surface area contributed by atoms with Crippen LogP contribution in [0.1, 0.15) is 13.8 Å². The number of rotatable bonds is 6. The van der Waals surface area contributed by atoms with E-state index in [4.69, 9.17) is 10.2 Å². The molecule has 0 aliphatic carbocycles. The normalized spacial score (nSPS) is 15.6. The zero-order valence-electron chi connectivity index (χ0n) is 7.58. The highest BCUT2D eigenvalue weighted by molar-refractivity contribution is 5.69. The summed E-state index contributed by atoms with van der Waals surface area (Å²) in [7, 11) is 0. The van der Waals surface area contributed by atoms with Crippen molar-refractivity contribution in [3.05, 3.63) is 0 Å². The molecular formula is C8H17NO3. The van der Waals surface area contributed by atoms with Crippen molar-refractivity contribution < 1.29 is 15.0 Å². The Labute approximate surface area is 72.6 Å². The van der Waals surface area contributed by atoms with Crippen LogP contribution in [0.15, 0.2) is 0 Å². The van der Waals surface area contributed by atoms with Crippen LogP contribution in [-0.4, -0.2) is 35.9 Å². The third-order valence-corrected chi connectivity index (χ3v) is 1.68. The van der Waals surface area contributed by atoms with Crippen LogP contribution in [0.25, 0.3) is 0 Å². The second-order valence-electron chi connectivity index (χ2n) is 3.19. The predicted octanol–water partition coefficient (Wildman–Crippen LogP) is -0.0749. The maximum atomic E-state index is 10.4.